The number of tetrazole rings is 1. The van der Waals surface area contributed by atoms with Crippen molar-refractivity contribution in [1.29, 1.82) is 0 Å². The standard InChI is InChI=1S/C32H40N6O4Si.C7H13NO2/c1-43(2,3)17-16-40-23-38-36-31(35-37-38)26-18-25(20-33-21-26)29-19-28(42-32(39)34-27-12-8-5-9-13-27)14-15-30(29)41-22-24-10-6-4-7-11-24;9-7(10)8-6-4-2-1-3-5-6/h4,6-7,10-11,14-15,18-21,27H,5,8-9,12-13,16-17,22-23H2,1-3H3,(H,34,39);6,8H,1-5H2,(H,9,10). The van der Waals surface area contributed by atoms with Gasteiger partial charge >= 0.3 is 12.2 Å². The number of carbonyl (C=O) groups is 2. The lowest BCUT2D eigenvalue weighted by Crippen LogP contribution is -2.37. The summed E-state index contributed by atoms with van der Waals surface area (Å²) in [5.74, 6) is 1.49. The van der Waals surface area contributed by atoms with E-state index in [0.29, 0.717) is 36.1 Å². The average molecular weight is 744 g/mol. The summed E-state index contributed by atoms with van der Waals surface area (Å²) in [5.41, 5.74) is 3.23. The Bertz CT molecular complexity index is 1740. The van der Waals surface area contributed by atoms with Gasteiger partial charge < -0.3 is 30.0 Å². The highest BCUT2D eigenvalue weighted by Gasteiger charge is 2.19. The predicted octanol–water partition coefficient (Wildman–Crippen LogP) is 8.30. The third-order valence-corrected chi connectivity index (χ3v) is 10.9. The van der Waals surface area contributed by atoms with Crippen molar-refractivity contribution in [2.45, 2.75) is 115 Å². The van der Waals surface area contributed by atoms with Crippen molar-refractivity contribution in [3.05, 3.63) is 72.6 Å². The van der Waals surface area contributed by atoms with Gasteiger partial charge in [0.2, 0.25) is 5.82 Å². The maximum atomic E-state index is 12.7. The molecule has 2 aliphatic carbocycles. The van der Waals surface area contributed by atoms with Crippen LogP contribution in [0.5, 0.6) is 11.5 Å². The van der Waals surface area contributed by atoms with Gasteiger partial charge in [-0.3, -0.25) is 4.98 Å². The normalized spacial score (nSPS) is 15.2. The number of carboxylic acid groups (broad SMARTS) is 1. The average Bonchev–Trinajstić information content (AvgIpc) is 3.63. The molecule has 3 N–H and O–H groups in total. The Hall–Kier alpha value is -4.82. The van der Waals surface area contributed by atoms with Crippen LogP contribution in [0.3, 0.4) is 0 Å². The van der Waals surface area contributed by atoms with Crippen molar-refractivity contribution in [2.24, 2.45) is 0 Å². The molecule has 0 unspecified atom stereocenters. The molecule has 53 heavy (non-hydrogen) atoms. The smallest absolute Gasteiger partial charge is 0.412 e. The molecular formula is C39H53N7O6Si. The molecule has 284 valence electrons. The zero-order chi connectivity index (χ0) is 37.5. The number of carbonyl (C=O) groups excluding carboxylic acids is 1. The molecule has 0 bridgehead atoms. The van der Waals surface area contributed by atoms with Crippen molar-refractivity contribution in [1.82, 2.24) is 35.8 Å². The van der Waals surface area contributed by atoms with Crippen molar-refractivity contribution in [3.63, 3.8) is 0 Å². The van der Waals surface area contributed by atoms with Crippen LogP contribution >= 0.6 is 0 Å². The van der Waals surface area contributed by atoms with Crippen molar-refractivity contribution in [3.8, 4) is 34.0 Å². The largest absolute Gasteiger partial charge is 0.488 e. The van der Waals surface area contributed by atoms with Gasteiger partial charge in [-0.1, -0.05) is 88.5 Å². The minimum Gasteiger partial charge on any atom is -0.488 e. The van der Waals surface area contributed by atoms with E-state index in [1.165, 1.54) is 30.5 Å². The molecule has 13 nitrogen and oxygen atoms in total. The first-order valence-electron chi connectivity index (χ1n) is 18.7. The van der Waals surface area contributed by atoms with E-state index in [1.807, 2.05) is 42.5 Å². The first-order valence-corrected chi connectivity index (χ1v) is 22.4. The summed E-state index contributed by atoms with van der Waals surface area (Å²) >= 11 is 0. The zero-order valence-electron chi connectivity index (χ0n) is 31.1. The molecule has 2 amide bonds. The van der Waals surface area contributed by atoms with E-state index in [0.717, 1.165) is 61.3 Å². The molecule has 2 saturated carbocycles. The lowest BCUT2D eigenvalue weighted by molar-refractivity contribution is 0.0674. The van der Waals surface area contributed by atoms with Crippen LogP contribution in [-0.4, -0.2) is 69.2 Å². The molecule has 2 aromatic heterocycles. The van der Waals surface area contributed by atoms with E-state index in [4.69, 9.17) is 19.3 Å². The molecule has 0 aliphatic heterocycles. The van der Waals surface area contributed by atoms with Crippen LogP contribution < -0.4 is 20.1 Å². The summed E-state index contributed by atoms with van der Waals surface area (Å²) in [6.45, 7) is 8.24. The molecule has 2 heterocycles. The number of ether oxygens (including phenoxy) is 3. The van der Waals surface area contributed by atoms with Gasteiger partial charge in [-0.2, -0.15) is 0 Å². The Balaban J connectivity index is 0.000000469. The predicted molar refractivity (Wildman–Crippen MR) is 205 cm³/mol. The Labute approximate surface area is 312 Å². The lowest BCUT2D eigenvalue weighted by Gasteiger charge is -2.22. The highest BCUT2D eigenvalue weighted by Crippen LogP contribution is 2.35. The summed E-state index contributed by atoms with van der Waals surface area (Å²) in [4.78, 5) is 28.8. The molecule has 2 fully saturated rings. The number of nitrogens with one attached hydrogen (secondary N) is 2. The number of amides is 2. The monoisotopic (exact) mass is 743 g/mol. The highest BCUT2D eigenvalue weighted by molar-refractivity contribution is 6.76. The Morgan fingerprint density at radius 2 is 1.55 bits per heavy atom. The molecule has 14 heteroatoms. The van der Waals surface area contributed by atoms with Gasteiger partial charge in [-0.05, 0) is 66.8 Å². The number of hydrogen-bond donors (Lipinski definition) is 3. The number of rotatable bonds is 13. The number of hydrogen-bond acceptors (Lipinski definition) is 9. The van der Waals surface area contributed by atoms with Gasteiger partial charge in [0, 0.05) is 55.8 Å². The fourth-order valence-corrected chi connectivity index (χ4v) is 7.04. The minimum absolute atomic E-state index is 0.154. The maximum Gasteiger partial charge on any atom is 0.412 e. The van der Waals surface area contributed by atoms with Crippen molar-refractivity contribution in [2.75, 3.05) is 6.61 Å². The first-order chi connectivity index (χ1) is 25.6. The fourth-order valence-electron chi connectivity index (χ4n) is 6.28. The maximum absolute atomic E-state index is 12.7. The molecular weight excluding hydrogens is 691 g/mol. The second-order valence-corrected chi connectivity index (χ2v) is 20.5. The lowest BCUT2D eigenvalue weighted by atomic mass is 9.96. The van der Waals surface area contributed by atoms with Crippen LogP contribution in [0.4, 0.5) is 9.59 Å². The zero-order valence-corrected chi connectivity index (χ0v) is 32.1. The summed E-state index contributed by atoms with van der Waals surface area (Å²) in [6, 6.07) is 18.7. The Morgan fingerprint density at radius 1 is 0.868 bits per heavy atom. The molecule has 0 saturated heterocycles. The van der Waals surface area contributed by atoms with Gasteiger partial charge in [0.1, 0.15) is 18.1 Å². The first kappa shape index (κ1) is 39.4. The second-order valence-electron chi connectivity index (χ2n) is 14.9. The third-order valence-electron chi connectivity index (χ3n) is 9.22. The van der Waals surface area contributed by atoms with Crippen molar-refractivity contribution >= 4 is 20.3 Å². The van der Waals surface area contributed by atoms with Crippen LogP contribution in [0.1, 0.15) is 69.8 Å². The summed E-state index contributed by atoms with van der Waals surface area (Å²) in [6.07, 6.45) is 13.2. The molecule has 4 aromatic rings. The van der Waals surface area contributed by atoms with Crippen LogP contribution in [0.15, 0.2) is 67.0 Å². The fraction of sp³-hybridized carbons (Fsp3) is 0.487. The van der Waals surface area contributed by atoms with E-state index in [2.05, 4.69) is 50.7 Å². The van der Waals surface area contributed by atoms with Gasteiger partial charge in [-0.15, -0.1) is 15.0 Å². The number of benzene rings is 2. The van der Waals surface area contributed by atoms with Crippen LogP contribution in [0.25, 0.3) is 22.5 Å². The van der Waals surface area contributed by atoms with Crippen LogP contribution in [0.2, 0.25) is 25.7 Å². The summed E-state index contributed by atoms with van der Waals surface area (Å²) < 4.78 is 17.7. The quantitative estimate of drug-likeness (QED) is 0.0897. The van der Waals surface area contributed by atoms with E-state index in [9.17, 15) is 9.59 Å². The minimum atomic E-state index is -1.18. The SMILES string of the molecule is C[Si](C)(C)CCOCn1nnc(-c2cncc(-c3cc(OC(=O)NC4CCCCC4)ccc3OCc3ccccc3)c2)n1.O=C(O)NC1CCCCC1. The van der Waals surface area contributed by atoms with Gasteiger partial charge in [0.25, 0.3) is 0 Å². The number of nitrogens with zero attached hydrogens (tertiary/aromatic N) is 5. The van der Waals surface area contributed by atoms with E-state index < -0.39 is 20.3 Å². The molecule has 0 spiro atoms. The third kappa shape index (κ3) is 13.6. The van der Waals surface area contributed by atoms with E-state index >= 15 is 0 Å². The summed E-state index contributed by atoms with van der Waals surface area (Å²) in [5, 5.41) is 26.7. The Morgan fingerprint density at radius 3 is 2.23 bits per heavy atom. The number of pyridine rings is 1. The van der Waals surface area contributed by atoms with E-state index in [1.54, 1.807) is 24.5 Å². The van der Waals surface area contributed by atoms with Crippen LogP contribution in [0, 0.1) is 0 Å². The Kier molecular flexibility index (Phi) is 14.8. The topological polar surface area (TPSA) is 163 Å². The van der Waals surface area contributed by atoms with Gasteiger partial charge in [0.15, 0.2) is 6.73 Å². The molecule has 6 rings (SSSR count). The summed E-state index contributed by atoms with van der Waals surface area (Å²) in [7, 11) is -1.18. The van der Waals surface area contributed by atoms with Gasteiger partial charge in [0.05, 0.1) is 0 Å². The molecule has 0 radical (unpaired) electrons. The second kappa shape index (κ2) is 19.9. The highest BCUT2D eigenvalue weighted by atomic mass is 28.3. The van der Waals surface area contributed by atoms with Crippen LogP contribution in [-0.2, 0) is 18.1 Å². The van der Waals surface area contributed by atoms with Gasteiger partial charge in [-0.25, -0.2) is 9.59 Å². The van der Waals surface area contributed by atoms with E-state index in [-0.39, 0.29) is 18.8 Å². The number of aromatic nitrogens is 5. The van der Waals surface area contributed by atoms with Crippen molar-refractivity contribution < 1.29 is 28.9 Å². The molecule has 2 aliphatic rings. The molecule has 2 aromatic carbocycles. The molecule has 0 atom stereocenters.